The van der Waals surface area contributed by atoms with Crippen molar-refractivity contribution in [2.45, 2.75) is 43.1 Å². The molecule has 2 N–H and O–H groups in total. The van der Waals surface area contributed by atoms with Crippen LogP contribution in [0.5, 0.6) is 0 Å². The molecule has 2 aliphatic heterocycles. The first-order valence-corrected chi connectivity index (χ1v) is 7.43. The number of fused-ring (bicyclic) bond motifs is 3. The zero-order chi connectivity index (χ0) is 13.1. The average molecular weight is 257 g/mol. The molecule has 2 fully saturated rings. The lowest BCUT2D eigenvalue weighted by Gasteiger charge is -2.36. The molecular weight excluding hydrogens is 236 g/mol. The molecule has 1 amide bonds. The number of amides is 1. The van der Waals surface area contributed by atoms with Crippen molar-refractivity contribution < 1.29 is 10.1 Å². The molecule has 100 valence electrons. The van der Waals surface area contributed by atoms with E-state index in [0.717, 1.165) is 18.7 Å². The molecule has 3 nitrogen and oxygen atoms in total. The van der Waals surface area contributed by atoms with Gasteiger partial charge >= 0.3 is 0 Å². The summed E-state index contributed by atoms with van der Waals surface area (Å²) in [5.74, 6) is 0.337. The fraction of sp³-hybridized carbons (Fsp3) is 0.562. The summed E-state index contributed by atoms with van der Waals surface area (Å²) in [6.07, 6.45) is 5.95. The molecule has 0 radical (unpaired) electrons. The van der Waals surface area contributed by atoms with Crippen LogP contribution in [-0.2, 0) is 10.2 Å². The van der Waals surface area contributed by atoms with E-state index in [1.54, 1.807) is 0 Å². The molecule has 0 aromatic heterocycles. The fourth-order valence-electron chi connectivity index (χ4n) is 4.99. The first-order valence-electron chi connectivity index (χ1n) is 7.43. The molecule has 3 heteroatoms. The second-order valence-corrected chi connectivity index (χ2v) is 6.39. The van der Waals surface area contributed by atoms with Crippen LogP contribution in [0.15, 0.2) is 24.3 Å². The third kappa shape index (κ3) is 1.15. The van der Waals surface area contributed by atoms with E-state index >= 15 is 0 Å². The van der Waals surface area contributed by atoms with Gasteiger partial charge in [0, 0.05) is 32.0 Å². The predicted octanol–water partition coefficient (Wildman–Crippen LogP) is 1.18. The summed E-state index contributed by atoms with van der Waals surface area (Å²) in [5.41, 5.74) is 2.33. The lowest BCUT2D eigenvalue weighted by atomic mass is 9.65. The third-order valence-electron chi connectivity index (χ3n) is 5.80. The number of rotatable bonds is 0. The molecule has 0 bridgehead atoms. The van der Waals surface area contributed by atoms with Gasteiger partial charge in [-0.2, -0.15) is 0 Å². The number of benzene rings is 1. The number of para-hydroxylation sites is 1. The Morgan fingerprint density at radius 3 is 2.68 bits per heavy atom. The van der Waals surface area contributed by atoms with E-state index in [-0.39, 0.29) is 11.0 Å². The number of nitrogens with zero attached hydrogens (tertiary/aromatic N) is 1. The first kappa shape index (κ1) is 11.5. The van der Waals surface area contributed by atoms with Gasteiger partial charge in [-0.3, -0.25) is 4.79 Å². The van der Waals surface area contributed by atoms with Gasteiger partial charge in [0.15, 0.2) is 0 Å². The van der Waals surface area contributed by atoms with Crippen LogP contribution in [0.4, 0.5) is 5.69 Å². The van der Waals surface area contributed by atoms with Crippen LogP contribution in [0.25, 0.3) is 0 Å². The Labute approximate surface area is 114 Å². The number of nitrogens with two attached hydrogens (primary N) is 1. The van der Waals surface area contributed by atoms with Gasteiger partial charge in [-0.25, -0.2) is 0 Å². The number of quaternary nitrogens is 1. The van der Waals surface area contributed by atoms with E-state index in [2.05, 4.69) is 23.5 Å². The Balaban J connectivity index is 1.97. The van der Waals surface area contributed by atoms with Crippen molar-refractivity contribution in [1.82, 2.24) is 0 Å². The van der Waals surface area contributed by atoms with Gasteiger partial charge in [0.05, 0.1) is 6.54 Å². The van der Waals surface area contributed by atoms with Crippen molar-refractivity contribution >= 4 is 11.6 Å². The third-order valence-corrected chi connectivity index (χ3v) is 5.80. The molecule has 1 aromatic carbocycles. The molecular formula is C16H21N2O+. The Kier molecular flexibility index (Phi) is 2.17. The maximum absolute atomic E-state index is 13.1. The molecule has 19 heavy (non-hydrogen) atoms. The van der Waals surface area contributed by atoms with E-state index < -0.39 is 0 Å². The Morgan fingerprint density at radius 2 is 1.89 bits per heavy atom. The minimum Gasteiger partial charge on any atom is -0.340 e. The van der Waals surface area contributed by atoms with Crippen LogP contribution >= 0.6 is 0 Å². The Bertz CT molecular complexity index is 542. The average Bonchev–Trinajstić information content (AvgIpc) is 3.11. The summed E-state index contributed by atoms with van der Waals surface area (Å²) in [4.78, 5) is 15.0. The van der Waals surface area contributed by atoms with Crippen molar-refractivity contribution in [3.8, 4) is 0 Å². The summed E-state index contributed by atoms with van der Waals surface area (Å²) >= 11 is 0. The molecule has 2 spiro atoms. The molecule has 4 rings (SSSR count). The second-order valence-electron chi connectivity index (χ2n) is 6.39. The van der Waals surface area contributed by atoms with Crippen molar-refractivity contribution in [3.05, 3.63) is 29.8 Å². The lowest BCUT2D eigenvalue weighted by Crippen LogP contribution is -2.96. The molecule has 1 aliphatic carbocycles. The fourth-order valence-corrected chi connectivity index (χ4v) is 4.99. The van der Waals surface area contributed by atoms with Crippen LogP contribution in [0.2, 0.25) is 0 Å². The van der Waals surface area contributed by atoms with Crippen molar-refractivity contribution in [1.29, 1.82) is 0 Å². The molecule has 3 aliphatic rings. The number of anilines is 1. The maximum Gasteiger partial charge on any atom is 0.244 e. The minimum absolute atomic E-state index is 0.144. The van der Waals surface area contributed by atoms with E-state index in [4.69, 9.17) is 0 Å². The second kappa shape index (κ2) is 3.60. The van der Waals surface area contributed by atoms with E-state index in [1.165, 1.54) is 31.2 Å². The lowest BCUT2D eigenvalue weighted by molar-refractivity contribution is -0.710. The van der Waals surface area contributed by atoms with Crippen LogP contribution in [-0.4, -0.2) is 25.0 Å². The molecule has 1 atom stereocenters. The van der Waals surface area contributed by atoms with Gasteiger partial charge in [-0.15, -0.1) is 0 Å². The van der Waals surface area contributed by atoms with Crippen LogP contribution in [0.3, 0.4) is 0 Å². The highest BCUT2D eigenvalue weighted by molar-refractivity contribution is 6.09. The van der Waals surface area contributed by atoms with Crippen molar-refractivity contribution in [2.24, 2.45) is 0 Å². The maximum atomic E-state index is 13.1. The number of hydrogen-bond acceptors (Lipinski definition) is 1. The van der Waals surface area contributed by atoms with Gasteiger partial charge in [0.2, 0.25) is 5.91 Å². The smallest absolute Gasteiger partial charge is 0.244 e. The monoisotopic (exact) mass is 257 g/mol. The largest absolute Gasteiger partial charge is 0.340 e. The highest BCUT2D eigenvalue weighted by Gasteiger charge is 2.68. The highest BCUT2D eigenvalue weighted by atomic mass is 16.2. The number of carbonyl (C=O) groups is 1. The Morgan fingerprint density at radius 1 is 1.16 bits per heavy atom. The molecule has 1 saturated carbocycles. The number of likely N-dealkylation sites (N-methyl/N-ethyl adjacent to an activating group) is 1. The minimum atomic E-state index is -0.241. The van der Waals surface area contributed by atoms with E-state index in [1.807, 2.05) is 18.0 Å². The molecule has 1 aromatic rings. The summed E-state index contributed by atoms with van der Waals surface area (Å²) in [5, 5.41) is 2.48. The summed E-state index contributed by atoms with van der Waals surface area (Å²) < 4.78 is 0. The highest BCUT2D eigenvalue weighted by Crippen LogP contribution is 2.54. The molecule has 2 heterocycles. The molecule has 1 saturated heterocycles. The zero-order valence-electron chi connectivity index (χ0n) is 11.5. The molecule has 1 unspecified atom stereocenters. The van der Waals surface area contributed by atoms with E-state index in [0.29, 0.717) is 5.91 Å². The van der Waals surface area contributed by atoms with Gasteiger partial charge in [0.25, 0.3) is 0 Å². The van der Waals surface area contributed by atoms with Crippen molar-refractivity contribution in [2.75, 3.05) is 18.5 Å². The normalized spacial score (nSPS) is 31.6. The first-order chi connectivity index (χ1) is 9.21. The van der Waals surface area contributed by atoms with Gasteiger partial charge in [0.1, 0.15) is 11.0 Å². The van der Waals surface area contributed by atoms with Gasteiger partial charge in [-0.05, 0) is 24.5 Å². The summed E-state index contributed by atoms with van der Waals surface area (Å²) in [6, 6.07) is 8.43. The SMILES string of the molecule is CN1C(=O)C2(CC[NH2+]C23CCCC3)c2ccccc21. The van der Waals surface area contributed by atoms with Gasteiger partial charge in [-0.1, -0.05) is 18.2 Å². The standard InChI is InChI=1S/C16H20N2O/c1-18-13-7-3-2-6-12(13)16(14(18)19)10-11-17-15(16)8-4-5-9-15/h2-3,6-7,17H,4-5,8-11H2,1H3/p+1. The Hall–Kier alpha value is -1.35. The summed E-state index contributed by atoms with van der Waals surface area (Å²) in [6.45, 7) is 1.09. The van der Waals surface area contributed by atoms with E-state index in [9.17, 15) is 4.79 Å². The van der Waals surface area contributed by atoms with Crippen LogP contribution in [0.1, 0.15) is 37.7 Å². The number of hydrogen-bond donors (Lipinski definition) is 1. The van der Waals surface area contributed by atoms with Gasteiger partial charge < -0.3 is 10.2 Å². The number of carbonyl (C=O) groups excluding carboxylic acids is 1. The predicted molar refractivity (Wildman–Crippen MR) is 74.1 cm³/mol. The van der Waals surface area contributed by atoms with Crippen LogP contribution < -0.4 is 10.2 Å². The zero-order valence-corrected chi connectivity index (χ0v) is 11.5. The van der Waals surface area contributed by atoms with Crippen molar-refractivity contribution in [3.63, 3.8) is 0 Å². The van der Waals surface area contributed by atoms with Crippen LogP contribution in [0, 0.1) is 0 Å². The quantitative estimate of drug-likeness (QED) is 0.744. The topological polar surface area (TPSA) is 36.9 Å². The summed E-state index contributed by atoms with van der Waals surface area (Å²) in [7, 11) is 1.94.